The van der Waals surface area contributed by atoms with Crippen molar-refractivity contribution in [2.24, 2.45) is 5.92 Å². The van der Waals surface area contributed by atoms with Crippen LogP contribution in [0.5, 0.6) is 0 Å². The van der Waals surface area contributed by atoms with E-state index in [0.29, 0.717) is 13.2 Å². The number of likely N-dealkylation sites (tertiary alicyclic amines) is 1. The second kappa shape index (κ2) is 7.82. The first-order valence-corrected chi connectivity index (χ1v) is 7.62. The maximum atomic E-state index is 12.1. The van der Waals surface area contributed by atoms with E-state index >= 15 is 0 Å². The number of carbonyl (C=O) groups is 1. The second-order valence-corrected chi connectivity index (χ2v) is 5.54. The van der Waals surface area contributed by atoms with Crippen LogP contribution in [0.25, 0.3) is 0 Å². The van der Waals surface area contributed by atoms with E-state index in [2.05, 4.69) is 22.5 Å². The summed E-state index contributed by atoms with van der Waals surface area (Å²) in [5, 5.41) is 6.45. The van der Waals surface area contributed by atoms with Gasteiger partial charge in [-0.15, -0.1) is 0 Å². The van der Waals surface area contributed by atoms with Crippen LogP contribution < -0.4 is 10.6 Å². The van der Waals surface area contributed by atoms with E-state index in [-0.39, 0.29) is 17.9 Å². The second-order valence-electron chi connectivity index (χ2n) is 5.54. The standard InChI is InChI=1S/C14H27N3O2/c1-2-5-15-13-11-19-10-12(13)14(18)16-6-9-17-7-3-4-8-17/h12-13,15H,2-11H2,1H3,(H,16,18). The van der Waals surface area contributed by atoms with Crippen molar-refractivity contribution in [2.45, 2.75) is 32.2 Å². The molecule has 0 spiro atoms. The number of hydrogen-bond donors (Lipinski definition) is 2. The van der Waals surface area contributed by atoms with Crippen LogP contribution in [0.4, 0.5) is 0 Å². The van der Waals surface area contributed by atoms with Crippen molar-refractivity contribution >= 4 is 5.91 Å². The van der Waals surface area contributed by atoms with Crippen molar-refractivity contribution in [1.82, 2.24) is 15.5 Å². The molecule has 2 N–H and O–H groups in total. The Bertz CT molecular complexity index is 280. The Hall–Kier alpha value is -0.650. The molecule has 0 saturated carbocycles. The van der Waals surface area contributed by atoms with Crippen molar-refractivity contribution < 1.29 is 9.53 Å². The number of amides is 1. The van der Waals surface area contributed by atoms with E-state index in [0.717, 1.165) is 26.1 Å². The van der Waals surface area contributed by atoms with Crippen molar-refractivity contribution in [3.05, 3.63) is 0 Å². The minimum atomic E-state index is -0.0230. The Morgan fingerprint density at radius 1 is 1.26 bits per heavy atom. The average molecular weight is 269 g/mol. The van der Waals surface area contributed by atoms with Gasteiger partial charge in [-0.3, -0.25) is 4.79 Å². The first-order valence-electron chi connectivity index (χ1n) is 7.62. The van der Waals surface area contributed by atoms with Gasteiger partial charge in [0.05, 0.1) is 19.1 Å². The van der Waals surface area contributed by atoms with Gasteiger partial charge in [0.25, 0.3) is 0 Å². The van der Waals surface area contributed by atoms with E-state index in [1.165, 1.54) is 25.9 Å². The number of hydrogen-bond acceptors (Lipinski definition) is 4. The lowest BCUT2D eigenvalue weighted by Crippen LogP contribution is -2.45. The molecule has 2 heterocycles. The smallest absolute Gasteiger partial charge is 0.227 e. The molecule has 2 rings (SSSR count). The van der Waals surface area contributed by atoms with E-state index in [1.807, 2.05) is 0 Å². The van der Waals surface area contributed by atoms with E-state index in [1.54, 1.807) is 0 Å². The van der Waals surface area contributed by atoms with Gasteiger partial charge in [0.1, 0.15) is 0 Å². The van der Waals surface area contributed by atoms with Crippen LogP contribution >= 0.6 is 0 Å². The summed E-state index contributed by atoms with van der Waals surface area (Å²) in [6, 6.07) is 0.187. The SMILES string of the molecule is CCCNC1COCC1C(=O)NCCN1CCCC1. The van der Waals surface area contributed by atoms with Crippen LogP contribution in [-0.2, 0) is 9.53 Å². The highest BCUT2D eigenvalue weighted by Gasteiger charge is 2.33. The summed E-state index contributed by atoms with van der Waals surface area (Å²) in [5.41, 5.74) is 0. The molecule has 1 amide bonds. The lowest BCUT2D eigenvalue weighted by molar-refractivity contribution is -0.125. The normalized spacial score (nSPS) is 27.8. The van der Waals surface area contributed by atoms with Gasteiger partial charge < -0.3 is 20.3 Å². The lowest BCUT2D eigenvalue weighted by atomic mass is 10.0. The number of ether oxygens (including phenoxy) is 1. The Morgan fingerprint density at radius 3 is 2.79 bits per heavy atom. The summed E-state index contributed by atoms with van der Waals surface area (Å²) in [4.78, 5) is 14.6. The fourth-order valence-electron chi connectivity index (χ4n) is 2.82. The third kappa shape index (κ3) is 4.44. The lowest BCUT2D eigenvalue weighted by Gasteiger charge is -2.20. The predicted octanol–water partition coefficient (Wildman–Crippen LogP) is 0.213. The molecule has 0 bridgehead atoms. The Morgan fingerprint density at radius 2 is 2.05 bits per heavy atom. The van der Waals surface area contributed by atoms with Gasteiger partial charge in [-0.2, -0.15) is 0 Å². The molecule has 2 atom stereocenters. The molecule has 0 aromatic carbocycles. The van der Waals surface area contributed by atoms with E-state index in [9.17, 15) is 4.79 Å². The monoisotopic (exact) mass is 269 g/mol. The summed E-state index contributed by atoms with van der Waals surface area (Å²) in [5.74, 6) is 0.121. The topological polar surface area (TPSA) is 53.6 Å². The molecule has 5 heteroatoms. The van der Waals surface area contributed by atoms with Crippen LogP contribution in [0.3, 0.4) is 0 Å². The highest BCUT2D eigenvalue weighted by molar-refractivity contribution is 5.79. The summed E-state index contributed by atoms with van der Waals surface area (Å²) in [6.07, 6.45) is 3.68. The van der Waals surface area contributed by atoms with Gasteiger partial charge in [-0.1, -0.05) is 6.92 Å². The average Bonchev–Trinajstić information content (AvgIpc) is 3.07. The first-order chi connectivity index (χ1) is 9.31. The molecule has 0 radical (unpaired) electrons. The number of nitrogens with one attached hydrogen (secondary N) is 2. The minimum absolute atomic E-state index is 0.0230. The van der Waals surface area contributed by atoms with Crippen LogP contribution in [0.1, 0.15) is 26.2 Å². The maximum Gasteiger partial charge on any atom is 0.227 e. The molecular formula is C14H27N3O2. The summed E-state index contributed by atoms with van der Waals surface area (Å²) >= 11 is 0. The van der Waals surface area contributed by atoms with Gasteiger partial charge in [-0.25, -0.2) is 0 Å². The van der Waals surface area contributed by atoms with Gasteiger partial charge in [-0.05, 0) is 38.9 Å². The van der Waals surface area contributed by atoms with Crippen LogP contribution in [0.15, 0.2) is 0 Å². The molecule has 0 aliphatic carbocycles. The minimum Gasteiger partial charge on any atom is -0.379 e. The van der Waals surface area contributed by atoms with Crippen molar-refractivity contribution in [2.75, 3.05) is 45.9 Å². The molecule has 2 unspecified atom stereocenters. The largest absolute Gasteiger partial charge is 0.379 e. The molecule has 2 saturated heterocycles. The van der Waals surface area contributed by atoms with Crippen LogP contribution in [0, 0.1) is 5.92 Å². The molecule has 110 valence electrons. The third-order valence-corrected chi connectivity index (χ3v) is 4.00. The molecule has 2 fully saturated rings. The van der Waals surface area contributed by atoms with Gasteiger partial charge in [0.15, 0.2) is 0 Å². The highest BCUT2D eigenvalue weighted by atomic mass is 16.5. The molecule has 2 aliphatic heterocycles. The van der Waals surface area contributed by atoms with Gasteiger partial charge in [0, 0.05) is 19.1 Å². The zero-order valence-electron chi connectivity index (χ0n) is 12.0. The van der Waals surface area contributed by atoms with Crippen LogP contribution in [-0.4, -0.2) is 62.8 Å². The molecule has 5 nitrogen and oxygen atoms in total. The maximum absolute atomic E-state index is 12.1. The highest BCUT2D eigenvalue weighted by Crippen LogP contribution is 2.14. The Balaban J connectivity index is 1.66. The summed E-state index contributed by atoms with van der Waals surface area (Å²) < 4.78 is 5.43. The quantitative estimate of drug-likeness (QED) is 0.694. The van der Waals surface area contributed by atoms with Crippen LogP contribution in [0.2, 0.25) is 0 Å². The summed E-state index contributed by atoms with van der Waals surface area (Å²) in [7, 11) is 0. The Kier molecular flexibility index (Phi) is 6.07. The predicted molar refractivity (Wildman–Crippen MR) is 75.1 cm³/mol. The van der Waals surface area contributed by atoms with Crippen molar-refractivity contribution in [3.8, 4) is 0 Å². The zero-order chi connectivity index (χ0) is 13.5. The molecular weight excluding hydrogens is 242 g/mol. The Labute approximate surface area is 116 Å². The fourth-order valence-corrected chi connectivity index (χ4v) is 2.82. The third-order valence-electron chi connectivity index (χ3n) is 4.00. The van der Waals surface area contributed by atoms with Gasteiger partial charge in [0.2, 0.25) is 5.91 Å². The number of carbonyl (C=O) groups excluding carboxylic acids is 1. The molecule has 0 aromatic rings. The fraction of sp³-hybridized carbons (Fsp3) is 0.929. The first kappa shape index (κ1) is 14.8. The van der Waals surface area contributed by atoms with Crippen molar-refractivity contribution in [1.29, 1.82) is 0 Å². The van der Waals surface area contributed by atoms with E-state index < -0.39 is 0 Å². The van der Waals surface area contributed by atoms with Crippen molar-refractivity contribution in [3.63, 3.8) is 0 Å². The zero-order valence-corrected chi connectivity index (χ0v) is 12.0. The van der Waals surface area contributed by atoms with E-state index in [4.69, 9.17) is 4.74 Å². The number of nitrogens with zero attached hydrogens (tertiary/aromatic N) is 1. The van der Waals surface area contributed by atoms with Gasteiger partial charge >= 0.3 is 0 Å². The summed E-state index contributed by atoms with van der Waals surface area (Å²) in [6.45, 7) is 8.40. The molecule has 2 aliphatic rings. The number of rotatable bonds is 7. The molecule has 0 aromatic heterocycles. The molecule has 19 heavy (non-hydrogen) atoms.